The number of carbonyl (C=O) groups excluding carboxylic acids is 1. The van der Waals surface area contributed by atoms with Gasteiger partial charge in [0, 0.05) is 13.6 Å². The van der Waals surface area contributed by atoms with Crippen LogP contribution >= 0.6 is 0 Å². The summed E-state index contributed by atoms with van der Waals surface area (Å²) in [6.45, 7) is 0.719. The van der Waals surface area contributed by atoms with Crippen LogP contribution < -0.4 is 5.32 Å². The molecule has 1 saturated heterocycles. The maximum absolute atomic E-state index is 11.3. The third-order valence-corrected chi connectivity index (χ3v) is 1.96. The van der Waals surface area contributed by atoms with Crippen molar-refractivity contribution in [1.82, 2.24) is 10.2 Å². The average Bonchev–Trinajstić information content (AvgIpc) is 1.98. The van der Waals surface area contributed by atoms with E-state index in [9.17, 15) is 9.59 Å². The summed E-state index contributed by atoms with van der Waals surface area (Å²) in [5, 5.41) is 10.6. The molecule has 0 radical (unpaired) electrons. The van der Waals surface area contributed by atoms with Crippen molar-refractivity contribution in [3.8, 4) is 0 Å². The topological polar surface area (TPSA) is 69.6 Å². The van der Waals surface area contributed by atoms with E-state index in [-0.39, 0.29) is 5.91 Å². The fraction of sp³-hybridized carbons (Fsp3) is 0.714. The number of amides is 2. The van der Waals surface area contributed by atoms with Crippen LogP contribution in [0.1, 0.15) is 12.8 Å². The second kappa shape index (κ2) is 3.42. The molecular weight excluding hydrogens is 160 g/mol. The first-order valence-corrected chi connectivity index (χ1v) is 3.85. The van der Waals surface area contributed by atoms with Crippen LogP contribution in [0.25, 0.3) is 0 Å². The standard InChI is InChI=1S/C7H12N2O3/c1-9-4-2-3-5(6(9)10)8-7(11)12/h5,8H,2-4H2,1H3,(H,11,12)/t5-/m0/s1. The molecule has 1 heterocycles. The Labute approximate surface area is 70.4 Å². The summed E-state index contributed by atoms with van der Waals surface area (Å²) in [6, 6.07) is -0.541. The summed E-state index contributed by atoms with van der Waals surface area (Å²) in [5.74, 6) is -0.136. The van der Waals surface area contributed by atoms with Crippen LogP contribution in [0.5, 0.6) is 0 Å². The Morgan fingerprint density at radius 2 is 2.42 bits per heavy atom. The minimum absolute atomic E-state index is 0.136. The molecular formula is C7H12N2O3. The van der Waals surface area contributed by atoms with Gasteiger partial charge in [0.25, 0.3) is 0 Å². The van der Waals surface area contributed by atoms with Gasteiger partial charge in [-0.2, -0.15) is 0 Å². The third kappa shape index (κ3) is 1.87. The van der Waals surface area contributed by atoms with Crippen LogP contribution in [0, 0.1) is 0 Å². The molecule has 0 spiro atoms. The van der Waals surface area contributed by atoms with Gasteiger partial charge >= 0.3 is 6.09 Å². The summed E-state index contributed by atoms with van der Waals surface area (Å²) in [5.41, 5.74) is 0. The van der Waals surface area contributed by atoms with Crippen LogP contribution in [0.4, 0.5) is 4.79 Å². The molecule has 5 nitrogen and oxygen atoms in total. The summed E-state index contributed by atoms with van der Waals surface area (Å²) >= 11 is 0. The van der Waals surface area contributed by atoms with Crippen molar-refractivity contribution in [3.05, 3.63) is 0 Å². The van der Waals surface area contributed by atoms with Gasteiger partial charge in [0.1, 0.15) is 6.04 Å². The first kappa shape index (κ1) is 8.83. The molecule has 0 bridgehead atoms. The molecule has 5 heteroatoms. The lowest BCUT2D eigenvalue weighted by Crippen LogP contribution is -2.50. The van der Waals surface area contributed by atoms with Gasteiger partial charge in [-0.1, -0.05) is 0 Å². The average molecular weight is 172 g/mol. The molecule has 0 saturated carbocycles. The zero-order valence-corrected chi connectivity index (χ0v) is 6.91. The molecule has 68 valence electrons. The van der Waals surface area contributed by atoms with Gasteiger partial charge in [0.2, 0.25) is 5.91 Å². The predicted octanol–water partition coefficient (Wildman–Crippen LogP) is -0.125. The largest absolute Gasteiger partial charge is 0.465 e. The second-order valence-corrected chi connectivity index (χ2v) is 2.90. The monoisotopic (exact) mass is 172 g/mol. The zero-order valence-electron chi connectivity index (χ0n) is 6.91. The number of nitrogens with one attached hydrogen (secondary N) is 1. The van der Waals surface area contributed by atoms with Gasteiger partial charge in [-0.15, -0.1) is 0 Å². The Hall–Kier alpha value is -1.26. The summed E-state index contributed by atoms with van der Waals surface area (Å²) in [4.78, 5) is 23.0. The maximum atomic E-state index is 11.3. The van der Waals surface area contributed by atoms with Crippen LogP contribution in [-0.4, -0.2) is 41.6 Å². The molecule has 2 N–H and O–H groups in total. The molecule has 1 atom stereocenters. The van der Waals surface area contributed by atoms with Crippen molar-refractivity contribution in [2.75, 3.05) is 13.6 Å². The summed E-state index contributed by atoms with van der Waals surface area (Å²) in [6.07, 6.45) is 0.325. The van der Waals surface area contributed by atoms with E-state index in [1.54, 1.807) is 11.9 Å². The van der Waals surface area contributed by atoms with Gasteiger partial charge in [-0.25, -0.2) is 4.79 Å². The molecule has 1 aliphatic heterocycles. The smallest absolute Gasteiger partial charge is 0.405 e. The number of nitrogens with zero attached hydrogens (tertiary/aromatic N) is 1. The lowest BCUT2D eigenvalue weighted by Gasteiger charge is -2.28. The number of rotatable bonds is 1. The minimum atomic E-state index is -1.14. The number of likely N-dealkylation sites (tertiary alicyclic amines) is 1. The van der Waals surface area contributed by atoms with Gasteiger partial charge in [0.05, 0.1) is 0 Å². The minimum Gasteiger partial charge on any atom is -0.465 e. The maximum Gasteiger partial charge on any atom is 0.405 e. The molecule has 0 unspecified atom stereocenters. The lowest BCUT2D eigenvalue weighted by atomic mass is 10.1. The highest BCUT2D eigenvalue weighted by Gasteiger charge is 2.27. The van der Waals surface area contributed by atoms with E-state index in [1.165, 1.54) is 0 Å². The van der Waals surface area contributed by atoms with Crippen molar-refractivity contribution in [2.24, 2.45) is 0 Å². The Morgan fingerprint density at radius 3 is 3.00 bits per heavy atom. The highest BCUT2D eigenvalue weighted by molar-refractivity contribution is 5.85. The molecule has 12 heavy (non-hydrogen) atoms. The van der Waals surface area contributed by atoms with Gasteiger partial charge in [-0.3, -0.25) is 4.79 Å². The Morgan fingerprint density at radius 1 is 1.75 bits per heavy atom. The van der Waals surface area contributed by atoms with Crippen molar-refractivity contribution in [2.45, 2.75) is 18.9 Å². The van der Waals surface area contributed by atoms with E-state index in [4.69, 9.17) is 5.11 Å². The van der Waals surface area contributed by atoms with E-state index in [0.29, 0.717) is 6.42 Å². The van der Waals surface area contributed by atoms with E-state index < -0.39 is 12.1 Å². The van der Waals surface area contributed by atoms with E-state index in [0.717, 1.165) is 13.0 Å². The van der Waals surface area contributed by atoms with Crippen molar-refractivity contribution < 1.29 is 14.7 Å². The molecule has 0 aromatic carbocycles. The number of likely N-dealkylation sites (N-methyl/N-ethyl adjacent to an activating group) is 1. The number of carbonyl (C=O) groups is 2. The highest BCUT2D eigenvalue weighted by atomic mass is 16.4. The van der Waals surface area contributed by atoms with Gasteiger partial charge < -0.3 is 15.3 Å². The fourth-order valence-electron chi connectivity index (χ4n) is 1.32. The predicted molar refractivity (Wildman–Crippen MR) is 41.8 cm³/mol. The first-order valence-electron chi connectivity index (χ1n) is 3.85. The van der Waals surface area contributed by atoms with Crippen LogP contribution in [0.2, 0.25) is 0 Å². The summed E-state index contributed by atoms with van der Waals surface area (Å²) in [7, 11) is 1.68. The van der Waals surface area contributed by atoms with E-state index >= 15 is 0 Å². The van der Waals surface area contributed by atoms with Crippen molar-refractivity contribution in [1.29, 1.82) is 0 Å². The van der Waals surface area contributed by atoms with Crippen molar-refractivity contribution in [3.63, 3.8) is 0 Å². The number of hydrogen-bond donors (Lipinski definition) is 2. The fourth-order valence-corrected chi connectivity index (χ4v) is 1.32. The Balaban J connectivity index is 2.52. The number of carboxylic acid groups (broad SMARTS) is 1. The Kier molecular flexibility index (Phi) is 2.52. The van der Waals surface area contributed by atoms with Crippen LogP contribution in [0.3, 0.4) is 0 Å². The van der Waals surface area contributed by atoms with E-state index in [1.807, 2.05) is 0 Å². The molecule has 1 rings (SSSR count). The molecule has 2 amide bonds. The SMILES string of the molecule is CN1CCC[C@H](NC(=O)O)C1=O. The Bertz CT molecular complexity index is 205. The molecule has 1 aliphatic rings. The molecule has 1 fully saturated rings. The highest BCUT2D eigenvalue weighted by Crippen LogP contribution is 2.09. The second-order valence-electron chi connectivity index (χ2n) is 2.90. The van der Waals surface area contributed by atoms with Gasteiger partial charge in [-0.05, 0) is 12.8 Å². The quantitative estimate of drug-likeness (QED) is 0.579. The molecule has 0 aromatic rings. The van der Waals surface area contributed by atoms with Crippen LogP contribution in [-0.2, 0) is 4.79 Å². The van der Waals surface area contributed by atoms with E-state index in [2.05, 4.69) is 5.32 Å². The first-order chi connectivity index (χ1) is 5.61. The molecule has 0 aliphatic carbocycles. The summed E-state index contributed by atoms with van der Waals surface area (Å²) < 4.78 is 0. The van der Waals surface area contributed by atoms with Crippen LogP contribution in [0.15, 0.2) is 0 Å². The zero-order chi connectivity index (χ0) is 9.14. The molecule has 0 aromatic heterocycles. The normalized spacial score (nSPS) is 23.9. The number of hydrogen-bond acceptors (Lipinski definition) is 2. The lowest BCUT2D eigenvalue weighted by molar-refractivity contribution is -0.134. The van der Waals surface area contributed by atoms with Gasteiger partial charge in [0.15, 0.2) is 0 Å². The third-order valence-electron chi connectivity index (χ3n) is 1.96. The van der Waals surface area contributed by atoms with Crippen molar-refractivity contribution >= 4 is 12.0 Å². The number of piperidine rings is 1.